The Morgan fingerprint density at radius 2 is 2.38 bits per heavy atom. The third kappa shape index (κ3) is 2.52. The van der Waals surface area contributed by atoms with Crippen LogP contribution in [0.2, 0.25) is 0 Å². The van der Waals surface area contributed by atoms with Gasteiger partial charge in [0.25, 0.3) is 0 Å². The van der Waals surface area contributed by atoms with Crippen LogP contribution in [-0.2, 0) is 4.79 Å². The first-order valence-corrected chi connectivity index (χ1v) is 4.79. The molecular formula is C9H10BrNO2. The topological polar surface area (TPSA) is 50.2 Å². The zero-order valence-electron chi connectivity index (χ0n) is 7.20. The lowest BCUT2D eigenvalue weighted by Crippen LogP contribution is -2.11. The molecular weight excluding hydrogens is 234 g/mol. The molecule has 0 saturated carbocycles. The molecule has 0 saturated heterocycles. The molecule has 0 radical (unpaired) electrons. The van der Waals surface area contributed by atoms with E-state index in [1.807, 2.05) is 6.92 Å². The number of hydrogen-bond donors (Lipinski definition) is 1. The number of carboxylic acids is 1. The number of pyridine rings is 1. The molecule has 1 aromatic rings. The molecule has 0 aromatic carbocycles. The molecule has 0 aliphatic carbocycles. The summed E-state index contributed by atoms with van der Waals surface area (Å²) in [4.78, 5) is 14.9. The van der Waals surface area contributed by atoms with E-state index in [2.05, 4.69) is 20.9 Å². The Bertz CT molecular complexity index is 314. The maximum atomic E-state index is 10.8. The van der Waals surface area contributed by atoms with Crippen molar-refractivity contribution in [2.45, 2.75) is 19.3 Å². The molecule has 0 amide bonds. The molecule has 0 aliphatic heterocycles. The highest BCUT2D eigenvalue weighted by Gasteiger charge is 2.18. The van der Waals surface area contributed by atoms with Gasteiger partial charge in [0.2, 0.25) is 0 Å². The van der Waals surface area contributed by atoms with Crippen LogP contribution in [0.5, 0.6) is 0 Å². The van der Waals surface area contributed by atoms with Gasteiger partial charge in [-0.1, -0.05) is 13.0 Å². The summed E-state index contributed by atoms with van der Waals surface area (Å²) < 4.78 is 0.671. The molecule has 0 bridgehead atoms. The Morgan fingerprint density at radius 1 is 1.69 bits per heavy atom. The van der Waals surface area contributed by atoms with E-state index in [1.165, 1.54) is 0 Å². The Balaban J connectivity index is 2.98. The third-order valence-electron chi connectivity index (χ3n) is 1.80. The highest BCUT2D eigenvalue weighted by Crippen LogP contribution is 2.19. The molecule has 1 N–H and O–H groups in total. The van der Waals surface area contributed by atoms with Crippen LogP contribution in [0.3, 0.4) is 0 Å². The van der Waals surface area contributed by atoms with E-state index in [0.717, 1.165) is 0 Å². The summed E-state index contributed by atoms with van der Waals surface area (Å²) in [7, 11) is 0. The van der Waals surface area contributed by atoms with Crippen molar-refractivity contribution < 1.29 is 9.90 Å². The molecule has 4 heteroatoms. The van der Waals surface area contributed by atoms with E-state index >= 15 is 0 Å². The van der Waals surface area contributed by atoms with Crippen molar-refractivity contribution in [3.8, 4) is 0 Å². The zero-order valence-corrected chi connectivity index (χ0v) is 8.78. The minimum atomic E-state index is -0.826. The van der Waals surface area contributed by atoms with E-state index in [1.54, 1.807) is 18.2 Å². The van der Waals surface area contributed by atoms with E-state index in [-0.39, 0.29) is 0 Å². The summed E-state index contributed by atoms with van der Waals surface area (Å²) in [6.07, 6.45) is 0.554. The number of aromatic nitrogens is 1. The number of carboxylic acid groups (broad SMARTS) is 1. The van der Waals surface area contributed by atoms with Crippen LogP contribution in [0.1, 0.15) is 25.0 Å². The van der Waals surface area contributed by atoms with Crippen LogP contribution in [0.4, 0.5) is 0 Å². The molecule has 0 aliphatic rings. The summed E-state index contributed by atoms with van der Waals surface area (Å²) in [5, 5.41) is 8.86. The summed E-state index contributed by atoms with van der Waals surface area (Å²) in [5.41, 5.74) is 0.601. The maximum absolute atomic E-state index is 10.8. The zero-order chi connectivity index (χ0) is 9.84. The first-order valence-electron chi connectivity index (χ1n) is 4.00. The maximum Gasteiger partial charge on any atom is 0.312 e. The van der Waals surface area contributed by atoms with Gasteiger partial charge < -0.3 is 5.11 Å². The Kier molecular flexibility index (Phi) is 3.42. The summed E-state index contributed by atoms with van der Waals surface area (Å²) >= 11 is 3.20. The summed E-state index contributed by atoms with van der Waals surface area (Å²) in [5.74, 6) is -1.33. The van der Waals surface area contributed by atoms with Crippen molar-refractivity contribution in [3.05, 3.63) is 28.5 Å². The lowest BCUT2D eigenvalue weighted by atomic mass is 10.0. The second kappa shape index (κ2) is 4.37. The molecule has 1 heterocycles. The second-order valence-electron chi connectivity index (χ2n) is 2.68. The number of nitrogens with zero attached hydrogens (tertiary/aromatic N) is 1. The summed E-state index contributed by atoms with van der Waals surface area (Å²) in [6.45, 7) is 1.83. The van der Waals surface area contributed by atoms with Gasteiger partial charge in [-0.15, -0.1) is 0 Å². The smallest absolute Gasteiger partial charge is 0.312 e. The van der Waals surface area contributed by atoms with Gasteiger partial charge >= 0.3 is 5.97 Å². The molecule has 70 valence electrons. The van der Waals surface area contributed by atoms with Crippen LogP contribution in [0.15, 0.2) is 22.8 Å². The van der Waals surface area contributed by atoms with Gasteiger partial charge in [0.05, 0.1) is 11.6 Å². The Morgan fingerprint density at radius 3 is 2.85 bits per heavy atom. The van der Waals surface area contributed by atoms with Crippen molar-refractivity contribution >= 4 is 21.9 Å². The lowest BCUT2D eigenvalue weighted by molar-refractivity contribution is -0.138. The van der Waals surface area contributed by atoms with E-state index in [9.17, 15) is 4.79 Å². The molecule has 0 spiro atoms. The average Bonchev–Trinajstić information content (AvgIpc) is 2.04. The van der Waals surface area contributed by atoms with Gasteiger partial charge in [-0.2, -0.15) is 0 Å². The van der Waals surface area contributed by atoms with Crippen molar-refractivity contribution in [2.75, 3.05) is 0 Å². The van der Waals surface area contributed by atoms with Crippen LogP contribution in [0, 0.1) is 0 Å². The van der Waals surface area contributed by atoms with Crippen LogP contribution in [-0.4, -0.2) is 16.1 Å². The predicted molar refractivity (Wildman–Crippen MR) is 52.6 cm³/mol. The molecule has 1 aromatic heterocycles. The quantitative estimate of drug-likeness (QED) is 0.830. The standard InChI is InChI=1S/C9H10BrNO2/c1-2-6(9(12)13)7-4-3-5-8(10)11-7/h3-6H,2H2,1H3,(H,12,13). The number of carbonyl (C=O) groups is 1. The molecule has 3 nitrogen and oxygen atoms in total. The van der Waals surface area contributed by atoms with Crippen LogP contribution in [0.25, 0.3) is 0 Å². The number of rotatable bonds is 3. The van der Waals surface area contributed by atoms with Crippen molar-refractivity contribution in [3.63, 3.8) is 0 Å². The van der Waals surface area contributed by atoms with Crippen LogP contribution >= 0.6 is 15.9 Å². The van der Waals surface area contributed by atoms with Gasteiger partial charge in [0, 0.05) is 0 Å². The largest absolute Gasteiger partial charge is 0.481 e. The number of hydrogen-bond acceptors (Lipinski definition) is 2. The predicted octanol–water partition coefficient (Wildman–Crippen LogP) is 2.42. The Labute approximate surface area is 84.9 Å². The average molecular weight is 244 g/mol. The van der Waals surface area contributed by atoms with Gasteiger partial charge in [0.15, 0.2) is 0 Å². The van der Waals surface area contributed by atoms with Gasteiger partial charge in [-0.3, -0.25) is 4.79 Å². The van der Waals surface area contributed by atoms with Crippen LogP contribution < -0.4 is 0 Å². The number of halogens is 1. The first-order chi connectivity index (χ1) is 6.15. The van der Waals surface area contributed by atoms with Gasteiger partial charge in [0.1, 0.15) is 4.60 Å². The SMILES string of the molecule is CCC(C(=O)O)c1cccc(Br)n1. The fourth-order valence-electron chi connectivity index (χ4n) is 1.13. The van der Waals surface area contributed by atoms with E-state index in [4.69, 9.17) is 5.11 Å². The van der Waals surface area contributed by atoms with Gasteiger partial charge in [-0.05, 0) is 34.5 Å². The summed E-state index contributed by atoms with van der Waals surface area (Å²) in [6, 6.07) is 5.29. The minimum absolute atomic E-state index is 0.502. The normalized spacial score (nSPS) is 12.5. The van der Waals surface area contributed by atoms with E-state index in [0.29, 0.717) is 16.7 Å². The Hall–Kier alpha value is -0.900. The highest BCUT2D eigenvalue weighted by atomic mass is 79.9. The number of aliphatic carboxylic acids is 1. The van der Waals surface area contributed by atoms with Crippen molar-refractivity contribution in [1.82, 2.24) is 4.98 Å². The fraction of sp³-hybridized carbons (Fsp3) is 0.333. The van der Waals surface area contributed by atoms with Crippen molar-refractivity contribution in [2.24, 2.45) is 0 Å². The molecule has 1 rings (SSSR count). The minimum Gasteiger partial charge on any atom is -0.481 e. The molecule has 1 atom stereocenters. The molecule has 0 fully saturated rings. The lowest BCUT2D eigenvalue weighted by Gasteiger charge is -2.08. The third-order valence-corrected chi connectivity index (χ3v) is 2.24. The first kappa shape index (κ1) is 10.2. The van der Waals surface area contributed by atoms with Crippen molar-refractivity contribution in [1.29, 1.82) is 0 Å². The monoisotopic (exact) mass is 243 g/mol. The fourth-order valence-corrected chi connectivity index (χ4v) is 1.49. The van der Waals surface area contributed by atoms with E-state index < -0.39 is 11.9 Å². The van der Waals surface area contributed by atoms with Gasteiger partial charge in [-0.25, -0.2) is 4.98 Å². The second-order valence-corrected chi connectivity index (χ2v) is 3.50. The molecule has 13 heavy (non-hydrogen) atoms. The molecule has 1 unspecified atom stereocenters. The highest BCUT2D eigenvalue weighted by molar-refractivity contribution is 9.10.